The first-order chi connectivity index (χ1) is 9.81. The van der Waals surface area contributed by atoms with E-state index < -0.39 is 0 Å². The highest BCUT2D eigenvalue weighted by molar-refractivity contribution is 5.36. The molecule has 1 fully saturated rings. The molecule has 0 radical (unpaired) electrons. The lowest BCUT2D eigenvalue weighted by molar-refractivity contribution is -0.115. The largest absolute Gasteiger partial charge is 0.491 e. The van der Waals surface area contributed by atoms with Gasteiger partial charge in [-0.25, -0.2) is 0 Å². The molecular weight excluding hydrogens is 252 g/mol. The van der Waals surface area contributed by atoms with E-state index in [1.165, 1.54) is 37.7 Å². The molecule has 1 unspecified atom stereocenters. The van der Waals surface area contributed by atoms with Crippen LogP contribution in [0.25, 0.3) is 0 Å². The van der Waals surface area contributed by atoms with Crippen molar-refractivity contribution in [3.63, 3.8) is 0 Å². The van der Waals surface area contributed by atoms with Crippen LogP contribution < -0.4 is 4.74 Å². The minimum Gasteiger partial charge on any atom is -0.491 e. The van der Waals surface area contributed by atoms with Gasteiger partial charge in [0, 0.05) is 7.11 Å². The van der Waals surface area contributed by atoms with Crippen LogP contribution >= 0.6 is 0 Å². The van der Waals surface area contributed by atoms with Crippen molar-refractivity contribution >= 4 is 0 Å². The van der Waals surface area contributed by atoms with E-state index >= 15 is 0 Å². The van der Waals surface area contributed by atoms with Crippen molar-refractivity contribution in [1.29, 1.82) is 0 Å². The van der Waals surface area contributed by atoms with Crippen molar-refractivity contribution in [3.8, 4) is 5.75 Å². The Kier molecular flexibility index (Phi) is 6.34. The van der Waals surface area contributed by atoms with E-state index in [2.05, 4.69) is 18.2 Å². The van der Waals surface area contributed by atoms with Gasteiger partial charge in [-0.1, -0.05) is 37.5 Å². The maximum absolute atomic E-state index is 5.90. The van der Waals surface area contributed by atoms with E-state index in [4.69, 9.17) is 14.2 Å². The lowest BCUT2D eigenvalue weighted by Gasteiger charge is -2.24. The smallest absolute Gasteiger partial charge is 0.154 e. The second-order valence-corrected chi connectivity index (χ2v) is 5.40. The Morgan fingerprint density at radius 1 is 1.10 bits per heavy atom. The zero-order valence-electron chi connectivity index (χ0n) is 12.6. The van der Waals surface area contributed by atoms with Crippen LogP contribution in [-0.2, 0) is 9.47 Å². The SMILES string of the molecule is COC(C)OCCOc1ccccc1C1CCCCC1. The molecule has 0 saturated heterocycles. The van der Waals surface area contributed by atoms with E-state index in [-0.39, 0.29) is 6.29 Å². The third-order valence-corrected chi connectivity index (χ3v) is 3.99. The number of ether oxygens (including phenoxy) is 3. The van der Waals surface area contributed by atoms with Gasteiger partial charge in [-0.2, -0.15) is 0 Å². The zero-order valence-corrected chi connectivity index (χ0v) is 12.6. The zero-order chi connectivity index (χ0) is 14.2. The van der Waals surface area contributed by atoms with E-state index in [9.17, 15) is 0 Å². The number of hydrogen-bond acceptors (Lipinski definition) is 3. The molecule has 1 saturated carbocycles. The molecule has 1 aliphatic rings. The van der Waals surface area contributed by atoms with Crippen molar-refractivity contribution in [3.05, 3.63) is 29.8 Å². The van der Waals surface area contributed by atoms with Crippen LogP contribution in [-0.4, -0.2) is 26.6 Å². The highest BCUT2D eigenvalue weighted by atomic mass is 16.7. The summed E-state index contributed by atoms with van der Waals surface area (Å²) in [5, 5.41) is 0. The summed E-state index contributed by atoms with van der Waals surface area (Å²) >= 11 is 0. The van der Waals surface area contributed by atoms with Gasteiger partial charge in [-0.3, -0.25) is 0 Å². The summed E-state index contributed by atoms with van der Waals surface area (Å²) in [6, 6.07) is 8.44. The molecule has 1 aromatic carbocycles. The van der Waals surface area contributed by atoms with E-state index in [1.807, 2.05) is 13.0 Å². The molecular formula is C17H26O3. The fourth-order valence-electron chi connectivity index (χ4n) is 2.80. The van der Waals surface area contributed by atoms with Crippen molar-refractivity contribution in [2.24, 2.45) is 0 Å². The number of methoxy groups -OCH3 is 1. The minimum absolute atomic E-state index is 0.174. The van der Waals surface area contributed by atoms with Gasteiger partial charge in [0.15, 0.2) is 6.29 Å². The first kappa shape index (κ1) is 15.3. The molecule has 112 valence electrons. The molecule has 1 atom stereocenters. The molecule has 3 heteroatoms. The lowest BCUT2D eigenvalue weighted by atomic mass is 9.84. The van der Waals surface area contributed by atoms with Crippen molar-refractivity contribution in [1.82, 2.24) is 0 Å². The number of rotatable bonds is 7. The maximum atomic E-state index is 5.90. The van der Waals surface area contributed by atoms with Gasteiger partial charge >= 0.3 is 0 Å². The molecule has 1 aromatic rings. The Hall–Kier alpha value is -1.06. The van der Waals surface area contributed by atoms with Crippen LogP contribution in [0.1, 0.15) is 50.5 Å². The first-order valence-electron chi connectivity index (χ1n) is 7.67. The summed E-state index contributed by atoms with van der Waals surface area (Å²) < 4.78 is 16.4. The Morgan fingerprint density at radius 3 is 2.60 bits per heavy atom. The van der Waals surface area contributed by atoms with Gasteiger partial charge in [0.2, 0.25) is 0 Å². The van der Waals surface area contributed by atoms with Crippen molar-refractivity contribution in [2.75, 3.05) is 20.3 Å². The Labute approximate surface area is 122 Å². The van der Waals surface area contributed by atoms with Crippen LogP contribution in [0.5, 0.6) is 5.75 Å². The number of para-hydroxylation sites is 1. The maximum Gasteiger partial charge on any atom is 0.154 e. The molecule has 0 N–H and O–H groups in total. The predicted octanol–water partition coefficient (Wildman–Crippen LogP) is 4.12. The van der Waals surface area contributed by atoms with Crippen LogP contribution in [0.2, 0.25) is 0 Å². The molecule has 0 bridgehead atoms. The van der Waals surface area contributed by atoms with Gasteiger partial charge in [0.25, 0.3) is 0 Å². The standard InChI is InChI=1S/C17H26O3/c1-14(18-2)19-12-13-20-17-11-7-6-10-16(17)15-8-4-3-5-9-15/h6-7,10-11,14-15H,3-5,8-9,12-13H2,1-2H3. The number of hydrogen-bond donors (Lipinski definition) is 0. The molecule has 1 aliphatic carbocycles. The van der Waals surface area contributed by atoms with Gasteiger partial charge in [-0.05, 0) is 37.3 Å². The van der Waals surface area contributed by atoms with E-state index in [0.717, 1.165) is 5.75 Å². The van der Waals surface area contributed by atoms with Gasteiger partial charge in [0.1, 0.15) is 12.4 Å². The summed E-state index contributed by atoms with van der Waals surface area (Å²) in [5.74, 6) is 1.69. The predicted molar refractivity (Wildman–Crippen MR) is 80.2 cm³/mol. The number of benzene rings is 1. The molecule has 3 nitrogen and oxygen atoms in total. The normalized spacial score (nSPS) is 17.9. The summed E-state index contributed by atoms with van der Waals surface area (Å²) in [6.45, 7) is 3.00. The Balaban J connectivity index is 1.87. The Morgan fingerprint density at radius 2 is 1.85 bits per heavy atom. The lowest BCUT2D eigenvalue weighted by Crippen LogP contribution is -2.16. The summed E-state index contributed by atoms with van der Waals surface area (Å²) in [4.78, 5) is 0. The average molecular weight is 278 g/mol. The first-order valence-corrected chi connectivity index (χ1v) is 7.67. The quantitative estimate of drug-likeness (QED) is 0.554. The molecule has 20 heavy (non-hydrogen) atoms. The summed E-state index contributed by atoms with van der Waals surface area (Å²) in [5.41, 5.74) is 1.37. The van der Waals surface area contributed by atoms with E-state index in [1.54, 1.807) is 7.11 Å². The molecule has 2 rings (SSSR count). The van der Waals surface area contributed by atoms with Crippen LogP contribution in [0.3, 0.4) is 0 Å². The highest BCUT2D eigenvalue weighted by Gasteiger charge is 2.18. The average Bonchev–Trinajstić information content (AvgIpc) is 2.52. The molecule has 0 aliphatic heterocycles. The highest BCUT2D eigenvalue weighted by Crippen LogP contribution is 2.37. The van der Waals surface area contributed by atoms with Gasteiger partial charge in [-0.15, -0.1) is 0 Å². The second-order valence-electron chi connectivity index (χ2n) is 5.40. The second kappa shape index (κ2) is 8.28. The van der Waals surface area contributed by atoms with E-state index in [0.29, 0.717) is 19.1 Å². The molecule has 0 heterocycles. The van der Waals surface area contributed by atoms with Gasteiger partial charge < -0.3 is 14.2 Å². The molecule has 0 spiro atoms. The Bertz CT molecular complexity index is 386. The third kappa shape index (κ3) is 4.50. The van der Waals surface area contributed by atoms with Crippen molar-refractivity contribution < 1.29 is 14.2 Å². The third-order valence-electron chi connectivity index (χ3n) is 3.99. The van der Waals surface area contributed by atoms with Crippen LogP contribution in [0, 0.1) is 0 Å². The van der Waals surface area contributed by atoms with Crippen molar-refractivity contribution in [2.45, 2.75) is 51.2 Å². The summed E-state index contributed by atoms with van der Waals surface area (Å²) in [7, 11) is 1.64. The topological polar surface area (TPSA) is 27.7 Å². The molecule has 0 aromatic heterocycles. The molecule has 0 amide bonds. The monoisotopic (exact) mass is 278 g/mol. The fraction of sp³-hybridized carbons (Fsp3) is 0.647. The van der Waals surface area contributed by atoms with Crippen LogP contribution in [0.15, 0.2) is 24.3 Å². The summed E-state index contributed by atoms with van der Waals surface area (Å²) in [6.07, 6.45) is 6.46. The minimum atomic E-state index is -0.174. The van der Waals surface area contributed by atoms with Gasteiger partial charge in [0.05, 0.1) is 6.61 Å². The fourth-order valence-corrected chi connectivity index (χ4v) is 2.80. The van der Waals surface area contributed by atoms with Crippen LogP contribution in [0.4, 0.5) is 0 Å².